The molecule has 2 saturated heterocycles. The summed E-state index contributed by atoms with van der Waals surface area (Å²) in [6.45, 7) is 10.4. The van der Waals surface area contributed by atoms with Crippen LogP contribution in [-0.4, -0.2) is 137 Å². The molecule has 0 radical (unpaired) electrons. The molecule has 74 heavy (non-hydrogen) atoms. The van der Waals surface area contributed by atoms with Gasteiger partial charge in [0, 0.05) is 43.2 Å². The smallest absolute Gasteiger partial charge is 0.497 e. The molecule has 0 bridgehead atoms. The van der Waals surface area contributed by atoms with E-state index in [4.69, 9.17) is 42.6 Å². The quantitative estimate of drug-likeness (QED) is 0.0366. The van der Waals surface area contributed by atoms with E-state index < -0.39 is 115 Å². The van der Waals surface area contributed by atoms with E-state index in [1.807, 2.05) is 20.8 Å². The Hall–Kier alpha value is -5.06. The predicted molar refractivity (Wildman–Crippen MR) is 259 cm³/mol. The van der Waals surface area contributed by atoms with Crippen LogP contribution in [0.1, 0.15) is 110 Å². The molecule has 2 aromatic carbocycles. The number of rotatable bonds is 16. The van der Waals surface area contributed by atoms with Crippen molar-refractivity contribution in [3.05, 3.63) is 75.9 Å². The minimum Gasteiger partial charge on any atom is -0.497 e. The summed E-state index contributed by atoms with van der Waals surface area (Å²) in [6.07, 6.45) is -7.72. The molecule has 0 aromatic heterocycles. The SMILES string of the molecule is COc1ccc(C(=O)OC2C(OC3C(O)COC(OC4C[C@H]5C6CC=C7CC(OC(=O)Oc8ccc([N+](=O)[O-])cc8)CCC7(C)C6CCC5(C)[C@@]4(O)[C@H](C)C(=O)CCC(C)C)C3OC(C)=O)OCC(O)C2O)cc1. The molecule has 406 valence electrons. The molecule has 2 heterocycles. The molecule has 4 aliphatic carbocycles. The number of ketones is 1. The second kappa shape index (κ2) is 22.3. The van der Waals surface area contributed by atoms with Crippen LogP contribution in [0.2, 0.25) is 0 Å². The average molecular weight is 1040 g/mol. The lowest BCUT2D eigenvalue weighted by Gasteiger charge is -2.59. The van der Waals surface area contributed by atoms with Crippen molar-refractivity contribution < 1.29 is 87.2 Å². The Kier molecular flexibility index (Phi) is 16.6. The van der Waals surface area contributed by atoms with Gasteiger partial charge < -0.3 is 63.1 Å². The van der Waals surface area contributed by atoms with E-state index in [9.17, 15) is 49.7 Å². The van der Waals surface area contributed by atoms with Crippen LogP contribution < -0.4 is 9.47 Å². The number of aliphatic hydroxyl groups is 4. The zero-order valence-electron chi connectivity index (χ0n) is 43.0. The van der Waals surface area contributed by atoms with Crippen LogP contribution in [0.3, 0.4) is 0 Å². The summed E-state index contributed by atoms with van der Waals surface area (Å²) in [5.74, 6) is -1.83. The van der Waals surface area contributed by atoms with Gasteiger partial charge in [-0.1, -0.05) is 46.3 Å². The average Bonchev–Trinajstić information content (AvgIpc) is 3.60. The van der Waals surface area contributed by atoms with Gasteiger partial charge in [0.2, 0.25) is 0 Å². The second-order valence-corrected chi connectivity index (χ2v) is 21.9. The van der Waals surface area contributed by atoms with Crippen LogP contribution >= 0.6 is 0 Å². The van der Waals surface area contributed by atoms with Crippen LogP contribution in [0.5, 0.6) is 11.5 Å². The van der Waals surface area contributed by atoms with Crippen LogP contribution in [-0.2, 0) is 42.7 Å². The van der Waals surface area contributed by atoms with Gasteiger partial charge in [0.15, 0.2) is 24.8 Å². The normalized spacial score (nSPS) is 37.0. The molecular formula is C54H71NO19. The highest BCUT2D eigenvalue weighted by Gasteiger charge is 2.71. The number of non-ortho nitro benzene ring substituents is 1. The molecule has 8 rings (SSSR count). The van der Waals surface area contributed by atoms with Crippen LogP contribution in [0.15, 0.2) is 60.2 Å². The van der Waals surface area contributed by atoms with E-state index in [-0.39, 0.29) is 58.3 Å². The first-order chi connectivity index (χ1) is 35.1. The van der Waals surface area contributed by atoms with Crippen molar-refractivity contribution in [2.45, 2.75) is 166 Å². The Morgan fingerprint density at radius 1 is 0.824 bits per heavy atom. The van der Waals surface area contributed by atoms with Crippen LogP contribution in [0.25, 0.3) is 0 Å². The minimum atomic E-state index is -1.76. The third-order valence-electron chi connectivity index (χ3n) is 17.2. The molecule has 0 spiro atoms. The first kappa shape index (κ1) is 55.2. The molecule has 14 unspecified atom stereocenters. The fourth-order valence-electron chi connectivity index (χ4n) is 13.1. The molecule has 4 N–H and O–H groups in total. The molecule has 5 fully saturated rings. The number of benzene rings is 2. The van der Waals surface area contributed by atoms with Gasteiger partial charge >= 0.3 is 18.1 Å². The number of methoxy groups -OCH3 is 1. The third-order valence-corrected chi connectivity index (χ3v) is 17.2. The number of esters is 2. The Morgan fingerprint density at radius 3 is 2.14 bits per heavy atom. The summed E-state index contributed by atoms with van der Waals surface area (Å²) in [6, 6.07) is 11.2. The van der Waals surface area contributed by atoms with Crippen molar-refractivity contribution in [1.29, 1.82) is 0 Å². The number of nitro benzene ring substituents is 1. The number of fused-ring (bicyclic) bond motifs is 5. The maximum absolute atomic E-state index is 14.3. The molecule has 6 aliphatic rings. The number of hydrogen-bond acceptors (Lipinski definition) is 19. The highest BCUT2D eigenvalue weighted by Crippen LogP contribution is 2.69. The standard InChI is InChI=1S/C54H71NO19/c1-28(2)8-19-40(57)29(3)54(63)43(25-39-37-18-11-32-24-36(20-22-52(32,5)38(37)21-23-53(39,54)6)71-51(62)70-35-16-12-33(13-17-35)55(64)65)72-50-47(69-30(4)56)45(42(59)27-68-50)74-49-46(44(60)41(58)26-67-49)73-48(61)31-9-14-34(66-7)15-10-31/h9-17,28-29,36-39,41-47,49-50,58-60,63H,8,18-27H2,1-7H3/t29-,36?,37?,38?,39+,41?,42?,43?,44?,45?,46?,47?,49?,50?,52?,53?,54-/m1/s1. The maximum atomic E-state index is 14.3. The minimum absolute atomic E-state index is 0.0439. The van der Waals surface area contributed by atoms with Crippen LogP contribution in [0.4, 0.5) is 10.5 Å². The predicted octanol–water partition coefficient (Wildman–Crippen LogP) is 6.16. The summed E-state index contributed by atoms with van der Waals surface area (Å²) in [5.41, 5.74) is -1.77. The molecule has 20 nitrogen and oxygen atoms in total. The topological polar surface area (TPSA) is 275 Å². The van der Waals surface area contributed by atoms with Crippen molar-refractivity contribution in [3.63, 3.8) is 0 Å². The van der Waals surface area contributed by atoms with Gasteiger partial charge in [-0.2, -0.15) is 0 Å². The number of nitro groups is 1. The molecule has 0 amide bonds. The van der Waals surface area contributed by atoms with E-state index >= 15 is 0 Å². The third kappa shape index (κ3) is 10.8. The fourth-order valence-corrected chi connectivity index (χ4v) is 13.1. The first-order valence-corrected chi connectivity index (χ1v) is 25.8. The van der Waals surface area contributed by atoms with Gasteiger partial charge in [-0.15, -0.1) is 0 Å². The number of ether oxygens (including phenoxy) is 9. The van der Waals surface area contributed by atoms with Crippen LogP contribution in [0, 0.1) is 50.5 Å². The molecule has 2 aromatic rings. The lowest BCUT2D eigenvalue weighted by atomic mass is 9.46. The zero-order chi connectivity index (χ0) is 53.4. The Labute approximate surface area is 430 Å². The maximum Gasteiger partial charge on any atom is 0.514 e. The fraction of sp³-hybridized carbons (Fsp3) is 0.667. The number of aliphatic hydroxyl groups excluding tert-OH is 3. The van der Waals surface area contributed by atoms with Gasteiger partial charge in [0.05, 0.1) is 36.9 Å². The molecule has 20 heteroatoms. The summed E-state index contributed by atoms with van der Waals surface area (Å²) in [7, 11) is 1.47. The molecular weight excluding hydrogens is 967 g/mol. The van der Waals surface area contributed by atoms with Gasteiger partial charge in [-0.3, -0.25) is 19.7 Å². The van der Waals surface area contributed by atoms with E-state index in [2.05, 4.69) is 13.0 Å². The number of carbonyl (C=O) groups excluding carboxylic acids is 4. The highest BCUT2D eigenvalue weighted by atomic mass is 16.8. The monoisotopic (exact) mass is 1040 g/mol. The number of nitrogens with zero attached hydrogens (tertiary/aromatic N) is 1. The van der Waals surface area contributed by atoms with E-state index in [1.165, 1.54) is 49.1 Å². The number of Topliss-reactive ketones (excluding diaryl/α,β-unsaturated/α-hetero) is 1. The van der Waals surface area contributed by atoms with E-state index in [0.717, 1.165) is 13.3 Å². The van der Waals surface area contributed by atoms with Crippen molar-refractivity contribution >= 4 is 29.6 Å². The Balaban J connectivity index is 1.04. The molecule has 2 aliphatic heterocycles. The van der Waals surface area contributed by atoms with Crippen molar-refractivity contribution in [2.75, 3.05) is 20.3 Å². The summed E-state index contributed by atoms with van der Waals surface area (Å²) >= 11 is 0. The Bertz CT molecular complexity index is 2400. The van der Waals surface area contributed by atoms with Crippen molar-refractivity contribution in [1.82, 2.24) is 0 Å². The number of hydrogen-bond donors (Lipinski definition) is 4. The lowest BCUT2D eigenvalue weighted by molar-refractivity contribution is -0.384. The Morgan fingerprint density at radius 2 is 1.49 bits per heavy atom. The van der Waals surface area contributed by atoms with Gasteiger partial charge in [0.25, 0.3) is 5.69 Å². The van der Waals surface area contributed by atoms with Crippen molar-refractivity contribution in [2.24, 2.45) is 40.4 Å². The van der Waals surface area contributed by atoms with Crippen molar-refractivity contribution in [3.8, 4) is 11.5 Å². The molecule has 17 atom stereocenters. The van der Waals surface area contributed by atoms with Gasteiger partial charge in [-0.25, -0.2) is 9.59 Å². The first-order valence-electron chi connectivity index (χ1n) is 25.8. The highest BCUT2D eigenvalue weighted by molar-refractivity contribution is 5.89. The van der Waals surface area contributed by atoms with E-state index in [1.54, 1.807) is 19.1 Å². The zero-order valence-corrected chi connectivity index (χ0v) is 43.0. The lowest BCUT2D eigenvalue weighted by Crippen LogP contribution is -2.64. The second-order valence-electron chi connectivity index (χ2n) is 21.9. The summed E-state index contributed by atoms with van der Waals surface area (Å²) in [4.78, 5) is 64.1. The van der Waals surface area contributed by atoms with Gasteiger partial charge in [0.1, 0.15) is 53.4 Å². The molecule has 3 saturated carbocycles. The number of allylic oxidation sites excluding steroid dienone is 1. The summed E-state index contributed by atoms with van der Waals surface area (Å²) < 4.78 is 53.0. The summed E-state index contributed by atoms with van der Waals surface area (Å²) in [5, 5.41) is 58.0. The number of carbonyl (C=O) groups is 4. The van der Waals surface area contributed by atoms with E-state index in [0.29, 0.717) is 50.7 Å². The largest absolute Gasteiger partial charge is 0.514 e. The van der Waals surface area contributed by atoms with Gasteiger partial charge in [-0.05, 0) is 110 Å².